The zero-order valence-electron chi connectivity index (χ0n) is 22.5. The van der Waals surface area contributed by atoms with Gasteiger partial charge in [0.2, 0.25) is 8.32 Å². The summed E-state index contributed by atoms with van der Waals surface area (Å²) in [5.41, 5.74) is 1.12. The van der Waals surface area contributed by atoms with Crippen LogP contribution < -0.4 is 0 Å². The van der Waals surface area contributed by atoms with Crippen LogP contribution in [0, 0.1) is 0 Å². The van der Waals surface area contributed by atoms with E-state index in [1.165, 1.54) is 20.3 Å². The predicted octanol–water partition coefficient (Wildman–Crippen LogP) is 6.27. The van der Waals surface area contributed by atoms with E-state index >= 15 is 0 Å². The van der Waals surface area contributed by atoms with Crippen LogP contribution in [0.3, 0.4) is 0 Å². The molecule has 0 amide bonds. The van der Waals surface area contributed by atoms with Crippen molar-refractivity contribution in [2.45, 2.75) is 68.9 Å². The van der Waals surface area contributed by atoms with Gasteiger partial charge in [-0.05, 0) is 61.1 Å². The van der Waals surface area contributed by atoms with Gasteiger partial charge in [-0.15, -0.1) is 23.5 Å². The highest BCUT2D eigenvalue weighted by molar-refractivity contribution is 8.18. The van der Waals surface area contributed by atoms with Gasteiger partial charge in [-0.25, -0.2) is 9.59 Å². The number of esters is 2. The molecule has 1 fully saturated rings. The Kier molecular flexibility index (Phi) is 12.4. The molecule has 0 aromatic heterocycles. The Morgan fingerprint density at radius 2 is 1.71 bits per heavy atom. The number of allylic oxidation sites excluding steroid dienone is 2. The molecule has 35 heavy (non-hydrogen) atoms. The van der Waals surface area contributed by atoms with Crippen LogP contribution in [0.25, 0.3) is 0 Å². The van der Waals surface area contributed by atoms with E-state index in [2.05, 4.69) is 47.0 Å². The Bertz CT molecular complexity index is 835. The zero-order chi connectivity index (χ0) is 26.9. The minimum absolute atomic E-state index is 0.0280. The van der Waals surface area contributed by atoms with Gasteiger partial charge >= 0.3 is 11.9 Å². The molecule has 1 aliphatic rings. The minimum atomic E-state index is -2.06. The molecule has 1 unspecified atom stereocenters. The maximum Gasteiger partial charge on any atom is 0.335 e. The second-order valence-electron chi connectivity index (χ2n) is 9.95. The summed E-state index contributed by atoms with van der Waals surface area (Å²) in [6, 6.07) is 0. The summed E-state index contributed by atoms with van der Waals surface area (Å²) in [5, 5.41) is 0.0410. The van der Waals surface area contributed by atoms with Crippen molar-refractivity contribution in [3.63, 3.8) is 0 Å². The number of carbonyl (C=O) groups excluding carboxylic acids is 2. The topological polar surface area (TPSA) is 71.1 Å². The average Bonchev–Trinajstić information content (AvgIpc) is 2.80. The number of carbonyl (C=O) groups is 2. The van der Waals surface area contributed by atoms with E-state index in [1.54, 1.807) is 23.5 Å². The normalized spacial score (nSPS) is 17.5. The largest absolute Gasteiger partial charge is 0.544 e. The van der Waals surface area contributed by atoms with E-state index in [1.807, 2.05) is 19.1 Å². The SMILES string of the molecule is C=C(COC(/C=C(\C)C(=C)O[Si](C)(C)C(C)(C)C)C1(C/C=C/C(=O)OC)SCCCS1)C(=O)OC. The van der Waals surface area contributed by atoms with Crippen LogP contribution in [-0.4, -0.2) is 62.8 Å². The molecule has 0 N–H and O–H groups in total. The Morgan fingerprint density at radius 1 is 1.11 bits per heavy atom. The second-order valence-corrected chi connectivity index (χ2v) is 17.8. The van der Waals surface area contributed by atoms with Crippen LogP contribution in [0.4, 0.5) is 0 Å². The summed E-state index contributed by atoms with van der Waals surface area (Å²) < 4.78 is 21.9. The van der Waals surface area contributed by atoms with Gasteiger partial charge in [-0.1, -0.05) is 40.0 Å². The smallest absolute Gasteiger partial charge is 0.335 e. The first kappa shape index (κ1) is 31.6. The zero-order valence-corrected chi connectivity index (χ0v) is 25.2. The quantitative estimate of drug-likeness (QED) is 0.0940. The number of thioether (sulfide) groups is 2. The van der Waals surface area contributed by atoms with Crippen LogP contribution in [0.1, 0.15) is 40.5 Å². The number of hydrogen-bond donors (Lipinski definition) is 0. The Morgan fingerprint density at radius 3 is 2.23 bits per heavy atom. The van der Waals surface area contributed by atoms with Gasteiger partial charge in [0.05, 0.1) is 36.2 Å². The molecule has 1 saturated heterocycles. The van der Waals surface area contributed by atoms with E-state index in [-0.39, 0.29) is 17.2 Å². The molecule has 9 heteroatoms. The standard InChI is InChI=1S/C26H42O6S2Si/c1-19(21(3)32-35(9,10)25(4,5)6)17-22(31-18-20(2)24(28)30-8)26(33-15-12-16-34-26)14-11-13-23(27)29-7/h11,13,17,22H,2-3,12,14-16,18H2,1,4-10H3/b13-11+,19-17+. The van der Waals surface area contributed by atoms with Crippen LogP contribution in [0.2, 0.25) is 18.1 Å². The molecule has 0 aromatic rings. The van der Waals surface area contributed by atoms with Gasteiger partial charge < -0.3 is 18.6 Å². The molecule has 0 spiro atoms. The van der Waals surface area contributed by atoms with Crippen LogP contribution in [0.15, 0.2) is 48.3 Å². The fraction of sp³-hybridized carbons (Fsp3) is 0.615. The van der Waals surface area contributed by atoms with Crippen molar-refractivity contribution >= 4 is 43.8 Å². The summed E-state index contributed by atoms with van der Waals surface area (Å²) in [7, 11) is 0.617. The number of methoxy groups -OCH3 is 2. The molecule has 1 rings (SSSR count). The molecule has 0 bridgehead atoms. The Balaban J connectivity index is 3.32. The molecular formula is C26H42O6S2Si. The maximum atomic E-state index is 11.9. The van der Waals surface area contributed by atoms with Gasteiger partial charge in [0, 0.05) is 6.08 Å². The van der Waals surface area contributed by atoms with Crippen molar-refractivity contribution in [3.05, 3.63) is 48.3 Å². The molecule has 198 valence electrons. The molecule has 0 radical (unpaired) electrons. The second kappa shape index (κ2) is 13.8. The van der Waals surface area contributed by atoms with Crippen LogP contribution in [0.5, 0.6) is 0 Å². The number of rotatable bonds is 12. The molecule has 0 saturated carbocycles. The summed E-state index contributed by atoms with van der Waals surface area (Å²) >= 11 is 3.59. The lowest BCUT2D eigenvalue weighted by Crippen LogP contribution is -2.41. The summed E-state index contributed by atoms with van der Waals surface area (Å²) in [4.78, 5) is 23.6. The Labute approximate surface area is 221 Å². The van der Waals surface area contributed by atoms with Crippen molar-refractivity contribution in [1.29, 1.82) is 0 Å². The van der Waals surface area contributed by atoms with Crippen molar-refractivity contribution in [1.82, 2.24) is 0 Å². The highest BCUT2D eigenvalue weighted by atomic mass is 32.2. The van der Waals surface area contributed by atoms with Gasteiger partial charge in [0.15, 0.2) is 0 Å². The first-order chi connectivity index (χ1) is 16.2. The average molecular weight is 543 g/mol. The molecule has 1 heterocycles. The maximum absolute atomic E-state index is 11.9. The van der Waals surface area contributed by atoms with E-state index < -0.39 is 30.4 Å². The predicted molar refractivity (Wildman–Crippen MR) is 150 cm³/mol. The fourth-order valence-electron chi connectivity index (χ4n) is 2.93. The van der Waals surface area contributed by atoms with Gasteiger partial charge in [0.25, 0.3) is 0 Å². The van der Waals surface area contributed by atoms with E-state index in [4.69, 9.17) is 18.6 Å². The lowest BCUT2D eigenvalue weighted by Gasteiger charge is -2.41. The van der Waals surface area contributed by atoms with E-state index in [0.717, 1.165) is 23.5 Å². The first-order valence-corrected chi connectivity index (χ1v) is 16.5. The van der Waals surface area contributed by atoms with Crippen molar-refractivity contribution in [3.8, 4) is 0 Å². The summed E-state index contributed by atoms with van der Waals surface area (Å²) in [6.45, 7) is 21.0. The lowest BCUT2D eigenvalue weighted by atomic mass is 10.1. The van der Waals surface area contributed by atoms with E-state index in [9.17, 15) is 9.59 Å². The fourth-order valence-corrected chi connectivity index (χ4v) is 7.33. The van der Waals surface area contributed by atoms with Crippen molar-refractivity contribution in [2.24, 2.45) is 0 Å². The van der Waals surface area contributed by atoms with Crippen molar-refractivity contribution in [2.75, 3.05) is 32.3 Å². The highest BCUT2D eigenvalue weighted by Crippen LogP contribution is 2.49. The van der Waals surface area contributed by atoms with Gasteiger partial charge in [-0.3, -0.25) is 0 Å². The van der Waals surface area contributed by atoms with Crippen LogP contribution >= 0.6 is 23.5 Å². The lowest BCUT2D eigenvalue weighted by molar-refractivity contribution is -0.137. The van der Waals surface area contributed by atoms with Gasteiger partial charge in [-0.2, -0.15) is 0 Å². The molecule has 0 aromatic carbocycles. The molecule has 0 aliphatic carbocycles. The summed E-state index contributed by atoms with van der Waals surface area (Å²) in [5.74, 6) is 1.66. The number of ether oxygens (including phenoxy) is 3. The van der Waals surface area contributed by atoms with E-state index in [0.29, 0.717) is 12.2 Å². The molecule has 1 aliphatic heterocycles. The monoisotopic (exact) mass is 542 g/mol. The molecular weight excluding hydrogens is 501 g/mol. The molecule has 6 nitrogen and oxygen atoms in total. The highest BCUT2D eigenvalue weighted by Gasteiger charge is 2.42. The third kappa shape index (κ3) is 9.52. The molecule has 1 atom stereocenters. The summed E-state index contributed by atoms with van der Waals surface area (Å²) in [6.07, 6.45) is 6.55. The van der Waals surface area contributed by atoms with Crippen molar-refractivity contribution < 1.29 is 28.2 Å². The Hall–Kier alpha value is -1.42. The third-order valence-electron chi connectivity index (χ3n) is 6.21. The third-order valence-corrected chi connectivity index (χ3v) is 14.0. The van der Waals surface area contributed by atoms with Crippen LogP contribution in [-0.2, 0) is 28.2 Å². The number of hydrogen-bond acceptors (Lipinski definition) is 8. The minimum Gasteiger partial charge on any atom is -0.544 e. The van der Waals surface area contributed by atoms with Gasteiger partial charge in [0.1, 0.15) is 6.10 Å². The first-order valence-electron chi connectivity index (χ1n) is 11.7.